The van der Waals surface area contributed by atoms with Gasteiger partial charge in [-0.25, -0.2) is 0 Å². The molecule has 0 bridgehead atoms. The van der Waals surface area contributed by atoms with Gasteiger partial charge >= 0.3 is 0 Å². The summed E-state index contributed by atoms with van der Waals surface area (Å²) in [6.45, 7) is 3.94. The Morgan fingerprint density at radius 1 is 0.719 bits per heavy atom. The van der Waals surface area contributed by atoms with Crippen LogP contribution >= 0.6 is 12.2 Å². The minimum Gasteiger partial charge on any atom is -0.497 e. The maximum Gasteiger partial charge on any atom is 0.270 e. The Morgan fingerprint density at radius 2 is 1.16 bits per heavy atom. The highest BCUT2D eigenvalue weighted by Crippen LogP contribution is 2.30. The third-order valence-corrected chi connectivity index (χ3v) is 5.63. The summed E-state index contributed by atoms with van der Waals surface area (Å²) in [6, 6.07) is 22.1. The second kappa shape index (κ2) is 8.77. The van der Waals surface area contributed by atoms with Gasteiger partial charge < -0.3 is 4.74 Å². The van der Waals surface area contributed by atoms with E-state index in [1.807, 2.05) is 62.4 Å². The van der Waals surface area contributed by atoms with Gasteiger partial charge in [0.05, 0.1) is 18.5 Å². The van der Waals surface area contributed by atoms with E-state index >= 15 is 0 Å². The van der Waals surface area contributed by atoms with Gasteiger partial charge in [-0.15, -0.1) is 0 Å². The summed E-state index contributed by atoms with van der Waals surface area (Å²) in [5, 5.41) is 0.125. The number of thiocarbonyl (C=S) groups is 1. The molecule has 2 amide bonds. The molecular weight excluding hydrogens is 420 g/mol. The first-order valence-electron chi connectivity index (χ1n) is 10.1. The van der Waals surface area contributed by atoms with Crippen LogP contribution in [-0.2, 0) is 9.59 Å². The molecule has 1 fully saturated rings. The van der Waals surface area contributed by atoms with Crippen LogP contribution in [0.25, 0.3) is 6.08 Å². The monoisotopic (exact) mass is 442 g/mol. The van der Waals surface area contributed by atoms with Crippen molar-refractivity contribution >= 4 is 46.6 Å². The maximum atomic E-state index is 13.5. The Labute approximate surface area is 192 Å². The van der Waals surface area contributed by atoms with Crippen LogP contribution in [0.2, 0.25) is 0 Å². The van der Waals surface area contributed by atoms with Crippen LogP contribution in [0.1, 0.15) is 16.7 Å². The average Bonchev–Trinajstić information content (AvgIpc) is 2.80. The Hall–Kier alpha value is -3.77. The molecule has 1 aliphatic rings. The lowest BCUT2D eigenvalue weighted by Crippen LogP contribution is -2.56. The zero-order chi connectivity index (χ0) is 22.8. The molecule has 0 atom stereocenters. The number of anilines is 2. The number of carbonyl (C=O) groups excluding carboxylic acids is 2. The van der Waals surface area contributed by atoms with E-state index in [1.165, 1.54) is 9.80 Å². The van der Waals surface area contributed by atoms with Crippen LogP contribution in [0.15, 0.2) is 78.4 Å². The number of rotatable bonds is 4. The van der Waals surface area contributed by atoms with E-state index in [4.69, 9.17) is 17.0 Å². The summed E-state index contributed by atoms with van der Waals surface area (Å²) in [4.78, 5) is 29.8. The summed E-state index contributed by atoms with van der Waals surface area (Å²) in [6.07, 6.45) is 1.59. The summed E-state index contributed by atoms with van der Waals surface area (Å²) in [5.41, 5.74) is 4.08. The molecule has 0 aliphatic carbocycles. The van der Waals surface area contributed by atoms with Crippen LogP contribution in [-0.4, -0.2) is 24.0 Å². The molecule has 1 saturated heterocycles. The van der Waals surface area contributed by atoms with E-state index < -0.39 is 11.8 Å². The zero-order valence-electron chi connectivity index (χ0n) is 18.0. The first kappa shape index (κ1) is 21.5. The fourth-order valence-electron chi connectivity index (χ4n) is 3.44. The topological polar surface area (TPSA) is 49.9 Å². The van der Waals surface area contributed by atoms with Gasteiger partial charge in [-0.05, 0) is 74.1 Å². The van der Waals surface area contributed by atoms with Gasteiger partial charge in [-0.2, -0.15) is 0 Å². The molecule has 0 saturated carbocycles. The van der Waals surface area contributed by atoms with E-state index in [-0.39, 0.29) is 10.7 Å². The molecule has 1 heterocycles. The van der Waals surface area contributed by atoms with Gasteiger partial charge in [0, 0.05) is 0 Å². The second-order valence-corrected chi connectivity index (χ2v) is 7.93. The molecule has 3 aromatic carbocycles. The number of benzene rings is 3. The molecule has 0 spiro atoms. The third-order valence-electron chi connectivity index (χ3n) is 5.26. The highest BCUT2D eigenvalue weighted by atomic mass is 32.1. The molecule has 0 unspecified atom stereocenters. The van der Waals surface area contributed by atoms with Crippen molar-refractivity contribution in [1.29, 1.82) is 0 Å². The minimum atomic E-state index is -0.456. The van der Waals surface area contributed by atoms with Crippen molar-refractivity contribution in [3.05, 3.63) is 95.1 Å². The molecule has 32 heavy (non-hydrogen) atoms. The zero-order valence-corrected chi connectivity index (χ0v) is 18.8. The number of amides is 2. The highest BCUT2D eigenvalue weighted by molar-refractivity contribution is 7.81. The predicted octanol–water partition coefficient (Wildman–Crippen LogP) is 5.06. The molecule has 1 aliphatic heterocycles. The lowest BCUT2D eigenvalue weighted by Gasteiger charge is -2.36. The smallest absolute Gasteiger partial charge is 0.270 e. The minimum absolute atomic E-state index is 0.0323. The quantitative estimate of drug-likeness (QED) is 0.322. The lowest BCUT2D eigenvalue weighted by molar-refractivity contribution is -0.120. The van der Waals surface area contributed by atoms with E-state index in [0.29, 0.717) is 22.7 Å². The van der Waals surface area contributed by atoms with Gasteiger partial charge in [-0.3, -0.25) is 19.4 Å². The summed E-state index contributed by atoms with van der Waals surface area (Å²) < 4.78 is 5.20. The van der Waals surface area contributed by atoms with E-state index in [0.717, 1.165) is 11.1 Å². The first-order chi connectivity index (χ1) is 15.4. The summed E-state index contributed by atoms with van der Waals surface area (Å²) >= 11 is 5.65. The molecule has 160 valence electrons. The highest BCUT2D eigenvalue weighted by Gasteiger charge is 2.41. The molecule has 0 aromatic heterocycles. The van der Waals surface area contributed by atoms with E-state index in [1.54, 1.807) is 37.5 Å². The number of carbonyl (C=O) groups is 2. The Balaban J connectivity index is 1.84. The third kappa shape index (κ3) is 4.05. The van der Waals surface area contributed by atoms with Crippen LogP contribution in [0.4, 0.5) is 11.4 Å². The average molecular weight is 443 g/mol. The van der Waals surface area contributed by atoms with Gasteiger partial charge in [0.15, 0.2) is 5.11 Å². The van der Waals surface area contributed by atoms with Crippen molar-refractivity contribution in [3.63, 3.8) is 0 Å². The van der Waals surface area contributed by atoms with Crippen molar-refractivity contribution in [3.8, 4) is 5.75 Å². The van der Waals surface area contributed by atoms with E-state index in [2.05, 4.69) is 0 Å². The molecule has 0 radical (unpaired) electrons. The number of aryl methyl sites for hydroxylation is 2. The largest absolute Gasteiger partial charge is 0.497 e. The maximum absolute atomic E-state index is 13.5. The Bertz CT molecular complexity index is 1140. The summed E-state index contributed by atoms with van der Waals surface area (Å²) in [7, 11) is 1.58. The Morgan fingerprint density at radius 3 is 1.56 bits per heavy atom. The fraction of sp³-hybridized carbons (Fsp3) is 0.115. The van der Waals surface area contributed by atoms with Crippen molar-refractivity contribution in [1.82, 2.24) is 0 Å². The van der Waals surface area contributed by atoms with Crippen molar-refractivity contribution < 1.29 is 14.3 Å². The van der Waals surface area contributed by atoms with Gasteiger partial charge in [0.25, 0.3) is 11.8 Å². The van der Waals surface area contributed by atoms with Crippen molar-refractivity contribution in [2.24, 2.45) is 0 Å². The molecule has 3 aromatic rings. The van der Waals surface area contributed by atoms with Crippen molar-refractivity contribution in [2.45, 2.75) is 13.8 Å². The number of ether oxygens (including phenoxy) is 1. The molecule has 6 heteroatoms. The predicted molar refractivity (Wildman–Crippen MR) is 131 cm³/mol. The Kier molecular flexibility index (Phi) is 5.88. The summed E-state index contributed by atoms with van der Waals surface area (Å²) in [5.74, 6) is -0.219. The standard InChI is InChI=1S/C26H22N2O3S/c1-17-4-10-20(11-5-17)27-24(29)23(16-19-8-14-22(31-3)15-9-19)25(30)28(26(27)32)21-12-6-18(2)7-13-21/h4-16H,1-3H3. The number of hydrogen-bond donors (Lipinski definition) is 0. The van der Waals surface area contributed by atoms with Crippen LogP contribution < -0.4 is 14.5 Å². The first-order valence-corrected chi connectivity index (χ1v) is 10.5. The van der Waals surface area contributed by atoms with Crippen LogP contribution in [0.5, 0.6) is 5.75 Å². The number of nitrogens with zero attached hydrogens (tertiary/aromatic N) is 2. The SMILES string of the molecule is COc1ccc(C=C2C(=O)N(c3ccc(C)cc3)C(=S)N(c3ccc(C)cc3)C2=O)cc1. The fourth-order valence-corrected chi connectivity index (χ4v) is 3.82. The van der Waals surface area contributed by atoms with Gasteiger partial charge in [0.1, 0.15) is 11.3 Å². The number of methoxy groups -OCH3 is 1. The van der Waals surface area contributed by atoms with Gasteiger partial charge in [0.2, 0.25) is 0 Å². The molecule has 4 rings (SSSR count). The second-order valence-electron chi connectivity index (χ2n) is 7.57. The van der Waals surface area contributed by atoms with Crippen LogP contribution in [0.3, 0.4) is 0 Å². The molecular formula is C26H22N2O3S. The van der Waals surface area contributed by atoms with Crippen molar-refractivity contribution in [2.75, 3.05) is 16.9 Å². The van der Waals surface area contributed by atoms with Gasteiger partial charge in [-0.1, -0.05) is 47.5 Å². The lowest BCUT2D eigenvalue weighted by atomic mass is 10.0. The number of hydrogen-bond acceptors (Lipinski definition) is 4. The molecule has 0 N–H and O–H groups in total. The van der Waals surface area contributed by atoms with E-state index in [9.17, 15) is 9.59 Å². The van der Waals surface area contributed by atoms with Crippen LogP contribution in [0, 0.1) is 13.8 Å². The molecule has 5 nitrogen and oxygen atoms in total. The normalized spacial score (nSPS) is 14.1.